The number of pyridine rings is 1. The number of piperazine rings is 1. The summed E-state index contributed by atoms with van der Waals surface area (Å²) in [5.41, 5.74) is 3.42. The Morgan fingerprint density at radius 3 is 2.30 bits per heavy atom. The Kier molecular flexibility index (Phi) is 14.4. The highest BCUT2D eigenvalue weighted by Crippen LogP contribution is 2.43. The lowest BCUT2D eigenvalue weighted by atomic mass is 9.89. The fraction of sp³-hybridized carbons (Fsp3) is 0.440. The summed E-state index contributed by atoms with van der Waals surface area (Å²) in [5, 5.41) is 9.69. The maximum absolute atomic E-state index is 15.3. The van der Waals surface area contributed by atoms with Crippen LogP contribution >= 0.6 is 23.1 Å². The second-order valence-corrected chi connectivity index (χ2v) is 22.7. The molecule has 0 saturated carbocycles. The van der Waals surface area contributed by atoms with Crippen molar-refractivity contribution in [3.8, 4) is 5.75 Å². The molecule has 0 bridgehead atoms. The molecule has 370 valence electrons. The minimum Gasteiger partial charge on any atom is -0.492 e. The topological polar surface area (TPSA) is 165 Å². The third-order valence-electron chi connectivity index (χ3n) is 14.0. The number of carbonyl (C=O) groups excluding carboxylic acids is 3. The van der Waals surface area contributed by atoms with Crippen molar-refractivity contribution in [1.29, 1.82) is 0 Å². The minimum atomic E-state index is -2.92. The van der Waals surface area contributed by atoms with E-state index in [1.807, 2.05) is 16.7 Å². The highest BCUT2D eigenvalue weighted by atomic mass is 79.9. The van der Waals surface area contributed by atoms with Gasteiger partial charge in [-0.2, -0.15) is 4.98 Å². The van der Waals surface area contributed by atoms with Gasteiger partial charge in [-0.05, 0) is 98.1 Å². The van der Waals surface area contributed by atoms with Crippen LogP contribution in [0.5, 0.6) is 5.75 Å². The van der Waals surface area contributed by atoms with Crippen LogP contribution in [0.4, 0.5) is 47.7 Å². The number of nitrogens with one attached hydrogen (secondary N) is 3. The van der Waals surface area contributed by atoms with Gasteiger partial charge in [-0.15, -0.1) is 0 Å². The highest BCUT2D eigenvalue weighted by Gasteiger charge is 2.37. The van der Waals surface area contributed by atoms with Gasteiger partial charge in [-0.25, -0.2) is 18.2 Å². The van der Waals surface area contributed by atoms with Crippen molar-refractivity contribution in [1.82, 2.24) is 30.1 Å². The molecule has 6 heterocycles. The quantitative estimate of drug-likeness (QED) is 0.0767. The van der Waals surface area contributed by atoms with Crippen LogP contribution in [0.2, 0.25) is 0 Å². The molecule has 5 aromatic rings. The number of rotatable bonds is 13. The van der Waals surface area contributed by atoms with E-state index in [0.29, 0.717) is 89.0 Å². The molecular weight excluding hydrogens is 988 g/mol. The number of imide groups is 1. The number of benzene rings is 3. The first-order valence-electron chi connectivity index (χ1n) is 23.9. The summed E-state index contributed by atoms with van der Waals surface area (Å²) in [4.78, 5) is 59.8. The lowest BCUT2D eigenvalue weighted by Gasteiger charge is -2.44. The monoisotopic (exact) mass is 1040 g/mol. The number of anilines is 6. The van der Waals surface area contributed by atoms with Gasteiger partial charge in [-0.3, -0.25) is 29.6 Å². The van der Waals surface area contributed by atoms with Crippen molar-refractivity contribution in [3.05, 3.63) is 87.9 Å². The zero-order valence-electron chi connectivity index (χ0n) is 39.7. The molecule has 0 spiro atoms. The van der Waals surface area contributed by atoms with Crippen molar-refractivity contribution >= 4 is 91.5 Å². The highest BCUT2D eigenvalue weighted by molar-refractivity contribution is 9.10. The van der Waals surface area contributed by atoms with Gasteiger partial charge in [0.05, 0.1) is 34.3 Å². The van der Waals surface area contributed by atoms with Crippen molar-refractivity contribution in [3.63, 3.8) is 0 Å². The largest absolute Gasteiger partial charge is 0.492 e. The average Bonchev–Trinajstić information content (AvgIpc) is 3.84. The summed E-state index contributed by atoms with van der Waals surface area (Å²) in [6.45, 7) is 13.1. The van der Waals surface area contributed by atoms with Crippen LogP contribution in [0.1, 0.15) is 63.0 Å². The smallest absolute Gasteiger partial charge is 0.234 e. The first-order valence-corrected chi connectivity index (χ1v) is 27.3. The van der Waals surface area contributed by atoms with E-state index in [9.17, 15) is 18.9 Å². The normalized spacial score (nSPS) is 19.5. The number of amides is 3. The molecule has 2 aromatic heterocycles. The van der Waals surface area contributed by atoms with Crippen molar-refractivity contribution in [2.45, 2.75) is 64.3 Å². The fourth-order valence-corrected chi connectivity index (χ4v) is 12.2. The standard InChI is InChI=1S/C50H57BrF3N10O5P/c1-5-29-22-39(58-50-56-27-35(51)47(60-50)57-40-25-38(54)45-34(8-7-14-55-45)46(40)70(3,4)68)42(69-6-2)26-41(29)62-16-12-31(13-17-62)61-18-20-63(21-19-61)49(67)30-11-15-64(28-30)32-23-36(52)44(37(53)24-32)33-9-10-43(65)59-48(33)66/h7-8,14,22-27,30-31,33H,5-6,9-13,15-21,28H2,1-4H3,(H,59,65,66)(H2,56,57,58,60). The van der Waals surface area contributed by atoms with Gasteiger partial charge in [0.25, 0.3) is 0 Å². The van der Waals surface area contributed by atoms with Gasteiger partial charge < -0.3 is 34.6 Å². The molecule has 3 aromatic carbocycles. The SMILES string of the molecule is CCOc1cc(N2CCC(N3CCN(C(=O)C4CCN(c5cc(F)c(C6CCC(=O)NC6=O)c(F)c5)C4)CC3)CC2)c(CC)cc1Nc1ncc(Br)c(Nc2cc(F)c3ncccc3c2P(C)(C)=O)n1. The van der Waals surface area contributed by atoms with E-state index < -0.39 is 42.3 Å². The Bertz CT molecular complexity index is 2870. The third-order valence-corrected chi connectivity index (χ3v) is 16.1. The molecule has 4 fully saturated rings. The first kappa shape index (κ1) is 49.2. The average molecular weight is 1050 g/mol. The van der Waals surface area contributed by atoms with E-state index >= 15 is 13.2 Å². The lowest BCUT2D eigenvalue weighted by molar-refractivity contribution is -0.137. The summed E-state index contributed by atoms with van der Waals surface area (Å²) in [5.74, 6) is -3.36. The maximum Gasteiger partial charge on any atom is 0.234 e. The number of piperidine rings is 2. The van der Waals surface area contributed by atoms with E-state index in [0.717, 1.165) is 56.7 Å². The molecule has 4 aliphatic rings. The summed E-state index contributed by atoms with van der Waals surface area (Å²) in [6, 6.07) is 11.7. The Labute approximate surface area is 413 Å². The summed E-state index contributed by atoms with van der Waals surface area (Å²) < 4.78 is 66.3. The molecule has 15 nitrogen and oxygen atoms in total. The summed E-state index contributed by atoms with van der Waals surface area (Å²) >= 11 is 3.54. The molecule has 4 aliphatic heterocycles. The van der Waals surface area contributed by atoms with Crippen LogP contribution in [0.3, 0.4) is 0 Å². The van der Waals surface area contributed by atoms with E-state index in [-0.39, 0.29) is 41.7 Å². The first-order chi connectivity index (χ1) is 33.6. The zero-order chi connectivity index (χ0) is 49.4. The number of halogens is 4. The lowest BCUT2D eigenvalue weighted by Crippen LogP contribution is -2.55. The van der Waals surface area contributed by atoms with Gasteiger partial charge in [0.2, 0.25) is 23.7 Å². The predicted molar refractivity (Wildman–Crippen MR) is 269 cm³/mol. The fourth-order valence-electron chi connectivity index (χ4n) is 10.5. The Morgan fingerprint density at radius 2 is 1.61 bits per heavy atom. The van der Waals surface area contributed by atoms with E-state index in [1.165, 1.54) is 24.4 Å². The molecule has 9 rings (SSSR count). The Balaban J connectivity index is 0.808. The number of fused-ring (bicyclic) bond motifs is 1. The van der Waals surface area contributed by atoms with E-state index in [1.54, 1.807) is 31.7 Å². The van der Waals surface area contributed by atoms with E-state index in [4.69, 9.17) is 9.72 Å². The number of hydrogen-bond acceptors (Lipinski definition) is 13. The molecule has 2 atom stereocenters. The minimum absolute atomic E-state index is 0.0204. The number of ether oxygens (including phenoxy) is 1. The second kappa shape index (κ2) is 20.5. The van der Waals surface area contributed by atoms with Gasteiger partial charge in [0, 0.05) is 117 Å². The molecule has 20 heteroatoms. The van der Waals surface area contributed by atoms with Crippen molar-refractivity contribution in [2.75, 3.05) is 92.7 Å². The number of nitrogens with zero attached hydrogens (tertiary/aromatic N) is 7. The molecule has 0 aliphatic carbocycles. The van der Waals surface area contributed by atoms with Gasteiger partial charge >= 0.3 is 0 Å². The molecule has 3 amide bonds. The zero-order valence-corrected chi connectivity index (χ0v) is 42.1. The molecule has 70 heavy (non-hydrogen) atoms. The van der Waals surface area contributed by atoms with Crippen LogP contribution < -0.4 is 35.8 Å². The van der Waals surface area contributed by atoms with Gasteiger partial charge in [0.1, 0.15) is 35.9 Å². The molecule has 0 radical (unpaired) electrons. The summed E-state index contributed by atoms with van der Waals surface area (Å²) in [6.07, 6.45) is 6.44. The Morgan fingerprint density at radius 1 is 0.886 bits per heavy atom. The molecular formula is C50H57BrF3N10O5P. The molecule has 3 N–H and O–H groups in total. The Hall–Kier alpha value is -5.78. The number of aromatic nitrogens is 3. The number of hydrogen-bond donors (Lipinski definition) is 3. The number of aryl methyl sites for hydroxylation is 1. The van der Waals surface area contributed by atoms with Crippen LogP contribution in [-0.2, 0) is 25.4 Å². The third kappa shape index (κ3) is 10.2. The number of carbonyl (C=O) groups is 3. The van der Waals surface area contributed by atoms with Crippen molar-refractivity contribution in [2.24, 2.45) is 5.92 Å². The van der Waals surface area contributed by atoms with Crippen LogP contribution in [0.25, 0.3) is 10.9 Å². The van der Waals surface area contributed by atoms with Crippen LogP contribution in [0, 0.1) is 23.4 Å². The van der Waals surface area contributed by atoms with E-state index in [2.05, 4.69) is 70.7 Å². The van der Waals surface area contributed by atoms with Gasteiger partial charge in [0.15, 0.2) is 5.82 Å². The predicted octanol–water partition coefficient (Wildman–Crippen LogP) is 8.06. The van der Waals surface area contributed by atoms with Crippen LogP contribution in [-0.4, -0.2) is 121 Å². The summed E-state index contributed by atoms with van der Waals surface area (Å²) in [7, 11) is -2.92. The van der Waals surface area contributed by atoms with Gasteiger partial charge in [-0.1, -0.05) is 13.0 Å². The maximum atomic E-state index is 15.3. The second-order valence-electron chi connectivity index (χ2n) is 18.7. The molecule has 4 saturated heterocycles. The molecule has 2 unspecified atom stereocenters. The van der Waals surface area contributed by atoms with Crippen molar-refractivity contribution < 1.29 is 36.9 Å². The van der Waals surface area contributed by atoms with Crippen LogP contribution in [0.15, 0.2) is 59.3 Å².